The average Bonchev–Trinajstić information content (AvgIpc) is 2.82. The first kappa shape index (κ1) is 16.7. The minimum absolute atomic E-state index is 0.0624. The number of hydrogen-bond acceptors (Lipinski definition) is 4. The van der Waals surface area contributed by atoms with Gasteiger partial charge in [-0.2, -0.15) is 0 Å². The van der Waals surface area contributed by atoms with Crippen molar-refractivity contribution in [1.82, 2.24) is 19.5 Å². The molecule has 2 heterocycles. The maximum atomic E-state index is 14.1. The Kier molecular flexibility index (Phi) is 4.07. The molecule has 1 aromatic carbocycles. The molecule has 1 amide bonds. The summed E-state index contributed by atoms with van der Waals surface area (Å²) in [6.07, 6.45) is 0.398. The summed E-state index contributed by atoms with van der Waals surface area (Å²) in [6.45, 7) is 3.83. The van der Waals surface area contributed by atoms with E-state index in [-0.39, 0.29) is 28.6 Å². The maximum absolute atomic E-state index is 14.1. The number of nitrogens with one attached hydrogen (secondary N) is 1. The van der Waals surface area contributed by atoms with Gasteiger partial charge in [0.1, 0.15) is 28.7 Å². The van der Waals surface area contributed by atoms with Crippen molar-refractivity contribution in [3.63, 3.8) is 0 Å². The second-order valence-corrected chi connectivity index (χ2v) is 5.99. The number of carbonyl (C=O) groups is 1. The number of hydrogen-bond donors (Lipinski definition) is 2. The van der Waals surface area contributed by atoms with E-state index in [2.05, 4.69) is 15.0 Å². The molecule has 9 heteroatoms. The van der Waals surface area contributed by atoms with E-state index in [0.29, 0.717) is 6.42 Å². The number of nitrogens with zero attached hydrogens (tertiary/aromatic N) is 3. The van der Waals surface area contributed by atoms with Crippen LogP contribution in [-0.2, 0) is 6.42 Å². The number of aromatic amines is 1. The SMILES string of the molecule is CC(C)Cc1nc(C(N)=O)c2[nH]c(=O)n(-c3c(F)cccc3F)c2n1. The highest BCUT2D eigenvalue weighted by Gasteiger charge is 2.23. The van der Waals surface area contributed by atoms with E-state index in [1.807, 2.05) is 13.8 Å². The minimum Gasteiger partial charge on any atom is -0.364 e. The molecule has 25 heavy (non-hydrogen) atoms. The summed E-state index contributed by atoms with van der Waals surface area (Å²) in [5.41, 5.74) is 3.53. The third-order valence-electron chi connectivity index (χ3n) is 3.57. The molecule has 3 rings (SSSR count). The Bertz CT molecular complexity index is 1020. The van der Waals surface area contributed by atoms with Gasteiger partial charge in [-0.1, -0.05) is 19.9 Å². The summed E-state index contributed by atoms with van der Waals surface area (Å²) in [6, 6.07) is 3.23. The summed E-state index contributed by atoms with van der Waals surface area (Å²) in [4.78, 5) is 34.7. The molecule has 130 valence electrons. The quantitative estimate of drug-likeness (QED) is 0.749. The molecule has 3 N–H and O–H groups in total. The first-order valence-corrected chi connectivity index (χ1v) is 7.55. The van der Waals surface area contributed by atoms with E-state index in [1.54, 1.807) is 0 Å². The molecule has 0 bridgehead atoms. The van der Waals surface area contributed by atoms with Gasteiger partial charge in [-0.15, -0.1) is 0 Å². The topological polar surface area (TPSA) is 107 Å². The molecule has 0 fully saturated rings. The fraction of sp³-hybridized carbons (Fsp3) is 0.250. The standard InChI is InChI=1S/C16H15F2N5O2/c1-7(2)6-10-20-11(14(19)24)12-15(21-10)23(16(25)22-12)13-8(17)4-3-5-9(13)18/h3-5,7H,6H2,1-2H3,(H2,19,24)(H,22,25). The van der Waals surface area contributed by atoms with Gasteiger partial charge in [-0.05, 0) is 18.1 Å². The highest BCUT2D eigenvalue weighted by Crippen LogP contribution is 2.21. The number of carbonyl (C=O) groups excluding carboxylic acids is 1. The van der Waals surface area contributed by atoms with Gasteiger partial charge >= 0.3 is 5.69 Å². The van der Waals surface area contributed by atoms with E-state index in [9.17, 15) is 18.4 Å². The maximum Gasteiger partial charge on any atom is 0.332 e. The molecule has 0 atom stereocenters. The highest BCUT2D eigenvalue weighted by molar-refractivity contribution is 6.01. The van der Waals surface area contributed by atoms with Crippen molar-refractivity contribution in [3.8, 4) is 5.69 Å². The molecule has 0 aliphatic heterocycles. The first-order valence-electron chi connectivity index (χ1n) is 7.55. The number of para-hydroxylation sites is 1. The predicted octanol–water partition coefficient (Wildman–Crippen LogP) is 1.68. The molecule has 3 aromatic rings. The Morgan fingerprint density at radius 2 is 1.92 bits per heavy atom. The number of benzene rings is 1. The van der Waals surface area contributed by atoms with Gasteiger partial charge in [-0.25, -0.2) is 28.1 Å². The van der Waals surface area contributed by atoms with Crippen LogP contribution < -0.4 is 11.4 Å². The molecule has 7 nitrogen and oxygen atoms in total. The van der Waals surface area contributed by atoms with E-state index >= 15 is 0 Å². The van der Waals surface area contributed by atoms with Crippen molar-refractivity contribution in [3.05, 3.63) is 51.8 Å². The summed E-state index contributed by atoms with van der Waals surface area (Å²) in [5.74, 6) is -2.34. The molecule has 0 aliphatic rings. The number of aromatic nitrogens is 4. The van der Waals surface area contributed by atoms with Crippen LogP contribution in [0.15, 0.2) is 23.0 Å². The van der Waals surface area contributed by atoms with E-state index in [1.165, 1.54) is 6.07 Å². The molecule has 0 spiro atoms. The third kappa shape index (κ3) is 2.88. The van der Waals surface area contributed by atoms with E-state index < -0.39 is 28.9 Å². The molecule has 0 aliphatic carbocycles. The van der Waals surface area contributed by atoms with Gasteiger partial charge in [0, 0.05) is 6.42 Å². The Labute approximate surface area is 140 Å². The second kappa shape index (κ2) is 6.08. The molecule has 0 unspecified atom stereocenters. The van der Waals surface area contributed by atoms with Crippen LogP contribution in [0.25, 0.3) is 16.9 Å². The molecule has 0 radical (unpaired) electrons. The van der Waals surface area contributed by atoms with Crippen molar-refractivity contribution in [1.29, 1.82) is 0 Å². The van der Waals surface area contributed by atoms with Crippen LogP contribution in [0.3, 0.4) is 0 Å². The van der Waals surface area contributed by atoms with Crippen LogP contribution in [-0.4, -0.2) is 25.4 Å². The fourth-order valence-corrected chi connectivity index (χ4v) is 2.57. The number of rotatable bonds is 4. The number of imidazole rings is 1. The van der Waals surface area contributed by atoms with Crippen molar-refractivity contribution in [2.24, 2.45) is 11.7 Å². The van der Waals surface area contributed by atoms with Gasteiger partial charge in [0.25, 0.3) is 5.91 Å². The largest absolute Gasteiger partial charge is 0.364 e. The van der Waals surface area contributed by atoms with E-state index in [0.717, 1.165) is 16.7 Å². The monoisotopic (exact) mass is 347 g/mol. The third-order valence-corrected chi connectivity index (χ3v) is 3.57. The smallest absolute Gasteiger partial charge is 0.332 e. The number of nitrogens with two attached hydrogens (primary N) is 1. The zero-order valence-corrected chi connectivity index (χ0v) is 13.5. The van der Waals surface area contributed by atoms with Crippen molar-refractivity contribution in [2.45, 2.75) is 20.3 Å². The Morgan fingerprint density at radius 3 is 2.48 bits per heavy atom. The summed E-state index contributed by atoms with van der Waals surface area (Å²) in [7, 11) is 0. The van der Waals surface area contributed by atoms with Gasteiger partial charge in [-0.3, -0.25) is 4.79 Å². The number of primary amides is 1. The predicted molar refractivity (Wildman–Crippen MR) is 86.5 cm³/mol. The van der Waals surface area contributed by atoms with Crippen LogP contribution in [0, 0.1) is 17.6 Å². The second-order valence-electron chi connectivity index (χ2n) is 5.99. The molecule has 0 saturated heterocycles. The van der Waals surface area contributed by atoms with Crippen molar-refractivity contribution in [2.75, 3.05) is 0 Å². The molecule has 0 saturated carbocycles. The van der Waals surface area contributed by atoms with Crippen LogP contribution in [0.4, 0.5) is 8.78 Å². The molecular weight excluding hydrogens is 332 g/mol. The Morgan fingerprint density at radius 1 is 1.28 bits per heavy atom. The van der Waals surface area contributed by atoms with Crippen LogP contribution >= 0.6 is 0 Å². The van der Waals surface area contributed by atoms with Gasteiger partial charge in [0.05, 0.1) is 0 Å². The highest BCUT2D eigenvalue weighted by atomic mass is 19.1. The van der Waals surface area contributed by atoms with Crippen molar-refractivity contribution >= 4 is 17.1 Å². The fourth-order valence-electron chi connectivity index (χ4n) is 2.57. The van der Waals surface area contributed by atoms with E-state index in [4.69, 9.17) is 5.73 Å². The zero-order valence-electron chi connectivity index (χ0n) is 13.5. The average molecular weight is 347 g/mol. The Hall–Kier alpha value is -3.10. The van der Waals surface area contributed by atoms with Crippen LogP contribution in [0.2, 0.25) is 0 Å². The van der Waals surface area contributed by atoms with Gasteiger partial charge < -0.3 is 10.7 Å². The zero-order chi connectivity index (χ0) is 18.3. The van der Waals surface area contributed by atoms with Gasteiger partial charge in [0.15, 0.2) is 11.3 Å². The van der Waals surface area contributed by atoms with Crippen LogP contribution in [0.1, 0.15) is 30.2 Å². The molecule has 2 aromatic heterocycles. The number of halogens is 2. The lowest BCUT2D eigenvalue weighted by Gasteiger charge is -2.08. The summed E-state index contributed by atoms with van der Waals surface area (Å²) in [5, 5.41) is 0. The van der Waals surface area contributed by atoms with Crippen LogP contribution in [0.5, 0.6) is 0 Å². The van der Waals surface area contributed by atoms with Gasteiger partial charge in [0.2, 0.25) is 0 Å². The summed E-state index contributed by atoms with van der Waals surface area (Å²) < 4.78 is 29.0. The molecular formula is C16H15F2N5O2. The lowest BCUT2D eigenvalue weighted by Crippen LogP contribution is -2.18. The minimum atomic E-state index is -0.937. The Balaban J connectivity index is 2.41. The lowest BCUT2D eigenvalue weighted by molar-refractivity contribution is 0.0996. The normalized spacial score (nSPS) is 11.4. The number of H-pyrrole nitrogens is 1. The lowest BCUT2D eigenvalue weighted by atomic mass is 10.1. The summed E-state index contributed by atoms with van der Waals surface area (Å²) >= 11 is 0. The van der Waals surface area contributed by atoms with Crippen molar-refractivity contribution < 1.29 is 13.6 Å². The number of fused-ring (bicyclic) bond motifs is 1. The first-order chi connectivity index (χ1) is 11.8. The number of amides is 1.